The van der Waals surface area contributed by atoms with Gasteiger partial charge in [0.15, 0.2) is 0 Å². The van der Waals surface area contributed by atoms with Crippen LogP contribution in [0.15, 0.2) is 48.5 Å². The van der Waals surface area contributed by atoms with E-state index in [1.54, 1.807) is 18.0 Å². The number of nitrogens with one attached hydrogen (secondary N) is 1. The van der Waals surface area contributed by atoms with E-state index >= 15 is 0 Å². The van der Waals surface area contributed by atoms with Gasteiger partial charge in [0.05, 0.1) is 6.61 Å². The van der Waals surface area contributed by atoms with Gasteiger partial charge in [0.2, 0.25) is 5.91 Å². The number of amides is 2. The molecule has 0 aliphatic carbocycles. The standard InChI is InChI=1S/C24H32N2O3/c1-6-29-20-13-11-19(12-14-20)16-26(5)24(28)22(15-17(2)3)25-23(27)21-10-8-7-9-18(21)4/h7-14,17,22H,6,15-16H2,1-5H3,(H,25,27). The van der Waals surface area contributed by atoms with Crippen LogP contribution in [0.2, 0.25) is 0 Å². The van der Waals surface area contributed by atoms with Crippen molar-refractivity contribution in [3.63, 3.8) is 0 Å². The van der Waals surface area contributed by atoms with Gasteiger partial charge in [0.25, 0.3) is 5.91 Å². The summed E-state index contributed by atoms with van der Waals surface area (Å²) in [6.45, 7) is 9.03. The molecular weight excluding hydrogens is 364 g/mol. The van der Waals surface area contributed by atoms with E-state index in [9.17, 15) is 9.59 Å². The molecule has 2 rings (SSSR count). The third-order valence-electron chi connectivity index (χ3n) is 4.73. The van der Waals surface area contributed by atoms with Crippen molar-refractivity contribution < 1.29 is 14.3 Å². The van der Waals surface area contributed by atoms with Crippen molar-refractivity contribution in [3.8, 4) is 5.75 Å². The molecule has 0 aliphatic heterocycles. The number of ether oxygens (including phenoxy) is 1. The minimum Gasteiger partial charge on any atom is -0.494 e. The van der Waals surface area contributed by atoms with Gasteiger partial charge < -0.3 is 15.0 Å². The van der Waals surface area contributed by atoms with Gasteiger partial charge in [-0.15, -0.1) is 0 Å². The summed E-state index contributed by atoms with van der Waals surface area (Å²) in [7, 11) is 1.77. The highest BCUT2D eigenvalue weighted by molar-refractivity contribution is 5.98. The third kappa shape index (κ3) is 6.63. The number of nitrogens with zero attached hydrogens (tertiary/aromatic N) is 1. The molecule has 2 aromatic carbocycles. The number of aryl methyl sites for hydroxylation is 1. The smallest absolute Gasteiger partial charge is 0.252 e. The van der Waals surface area contributed by atoms with Gasteiger partial charge in [-0.1, -0.05) is 44.2 Å². The van der Waals surface area contributed by atoms with Crippen molar-refractivity contribution >= 4 is 11.8 Å². The van der Waals surface area contributed by atoms with Crippen LogP contribution >= 0.6 is 0 Å². The van der Waals surface area contributed by atoms with E-state index in [-0.39, 0.29) is 17.7 Å². The minimum absolute atomic E-state index is 0.0884. The van der Waals surface area contributed by atoms with Crippen LogP contribution in [0.5, 0.6) is 5.75 Å². The predicted molar refractivity (Wildman–Crippen MR) is 116 cm³/mol. The van der Waals surface area contributed by atoms with E-state index in [1.165, 1.54) is 0 Å². The lowest BCUT2D eigenvalue weighted by atomic mass is 10.0. The van der Waals surface area contributed by atoms with Crippen LogP contribution < -0.4 is 10.1 Å². The van der Waals surface area contributed by atoms with Crippen molar-refractivity contribution in [2.45, 2.75) is 46.7 Å². The van der Waals surface area contributed by atoms with Crippen LogP contribution in [-0.2, 0) is 11.3 Å². The molecule has 156 valence electrons. The first-order valence-corrected chi connectivity index (χ1v) is 10.1. The van der Waals surface area contributed by atoms with Gasteiger partial charge in [-0.3, -0.25) is 9.59 Å². The molecule has 1 atom stereocenters. The molecule has 2 aromatic rings. The summed E-state index contributed by atoms with van der Waals surface area (Å²) in [5.41, 5.74) is 2.50. The Balaban J connectivity index is 2.08. The summed E-state index contributed by atoms with van der Waals surface area (Å²) in [4.78, 5) is 27.5. The molecule has 29 heavy (non-hydrogen) atoms. The summed E-state index contributed by atoms with van der Waals surface area (Å²) < 4.78 is 5.46. The molecule has 1 N–H and O–H groups in total. The predicted octanol–water partition coefficient (Wildman–Crippen LogP) is 4.20. The van der Waals surface area contributed by atoms with E-state index in [1.807, 2.05) is 70.2 Å². The Bertz CT molecular complexity index is 815. The Hall–Kier alpha value is -2.82. The minimum atomic E-state index is -0.560. The number of carbonyl (C=O) groups excluding carboxylic acids is 2. The zero-order valence-electron chi connectivity index (χ0n) is 18.1. The van der Waals surface area contributed by atoms with Crippen molar-refractivity contribution in [3.05, 3.63) is 65.2 Å². The zero-order valence-corrected chi connectivity index (χ0v) is 18.1. The van der Waals surface area contributed by atoms with E-state index in [0.717, 1.165) is 16.9 Å². The number of rotatable bonds is 9. The number of benzene rings is 2. The number of likely N-dealkylation sites (N-methyl/N-ethyl adjacent to an activating group) is 1. The summed E-state index contributed by atoms with van der Waals surface area (Å²) in [6.07, 6.45) is 0.587. The van der Waals surface area contributed by atoms with Crippen LogP contribution in [0.4, 0.5) is 0 Å². The second-order valence-corrected chi connectivity index (χ2v) is 7.74. The fourth-order valence-corrected chi connectivity index (χ4v) is 3.23. The van der Waals surface area contributed by atoms with Crippen LogP contribution in [0.25, 0.3) is 0 Å². The normalized spacial score (nSPS) is 11.8. The molecule has 0 aliphatic rings. The maximum atomic E-state index is 13.1. The molecule has 0 heterocycles. The van der Waals surface area contributed by atoms with E-state index in [0.29, 0.717) is 25.1 Å². The van der Waals surface area contributed by atoms with Crippen molar-refractivity contribution in [1.29, 1.82) is 0 Å². The van der Waals surface area contributed by atoms with Crippen LogP contribution in [-0.4, -0.2) is 36.4 Å². The quantitative estimate of drug-likeness (QED) is 0.691. The highest BCUT2D eigenvalue weighted by atomic mass is 16.5. The third-order valence-corrected chi connectivity index (χ3v) is 4.73. The Morgan fingerprint density at radius 3 is 2.31 bits per heavy atom. The lowest BCUT2D eigenvalue weighted by molar-refractivity contribution is -0.132. The van der Waals surface area contributed by atoms with Gasteiger partial charge in [0.1, 0.15) is 11.8 Å². The second-order valence-electron chi connectivity index (χ2n) is 7.74. The molecule has 2 amide bonds. The molecule has 0 fully saturated rings. The van der Waals surface area contributed by atoms with E-state index in [4.69, 9.17) is 4.74 Å². The zero-order chi connectivity index (χ0) is 21.4. The molecule has 0 bridgehead atoms. The van der Waals surface area contributed by atoms with Crippen molar-refractivity contribution in [2.75, 3.05) is 13.7 Å². The topological polar surface area (TPSA) is 58.6 Å². The summed E-state index contributed by atoms with van der Waals surface area (Å²) >= 11 is 0. The Labute approximate surface area is 174 Å². The highest BCUT2D eigenvalue weighted by Gasteiger charge is 2.25. The lowest BCUT2D eigenvalue weighted by Gasteiger charge is -2.26. The van der Waals surface area contributed by atoms with E-state index in [2.05, 4.69) is 5.32 Å². The summed E-state index contributed by atoms with van der Waals surface area (Å²) in [5, 5.41) is 2.95. The largest absolute Gasteiger partial charge is 0.494 e. The molecule has 0 radical (unpaired) electrons. The van der Waals surface area contributed by atoms with Crippen LogP contribution in [0.1, 0.15) is 48.7 Å². The number of carbonyl (C=O) groups is 2. The Morgan fingerprint density at radius 2 is 1.72 bits per heavy atom. The summed E-state index contributed by atoms with van der Waals surface area (Å²) in [5.74, 6) is 0.791. The van der Waals surface area contributed by atoms with Crippen LogP contribution in [0, 0.1) is 12.8 Å². The van der Waals surface area contributed by atoms with Crippen LogP contribution in [0.3, 0.4) is 0 Å². The number of hydrogen-bond acceptors (Lipinski definition) is 3. The molecule has 0 saturated heterocycles. The first-order chi connectivity index (χ1) is 13.8. The molecule has 0 spiro atoms. The highest BCUT2D eigenvalue weighted by Crippen LogP contribution is 2.15. The first kappa shape index (κ1) is 22.5. The monoisotopic (exact) mass is 396 g/mol. The van der Waals surface area contributed by atoms with Gasteiger partial charge in [-0.25, -0.2) is 0 Å². The van der Waals surface area contributed by atoms with Crippen molar-refractivity contribution in [1.82, 2.24) is 10.2 Å². The molecule has 5 heteroatoms. The Morgan fingerprint density at radius 1 is 1.07 bits per heavy atom. The lowest BCUT2D eigenvalue weighted by Crippen LogP contribution is -2.47. The van der Waals surface area contributed by atoms with Gasteiger partial charge in [-0.2, -0.15) is 0 Å². The van der Waals surface area contributed by atoms with Gasteiger partial charge in [-0.05, 0) is 55.5 Å². The number of hydrogen-bond donors (Lipinski definition) is 1. The molecule has 5 nitrogen and oxygen atoms in total. The first-order valence-electron chi connectivity index (χ1n) is 10.1. The van der Waals surface area contributed by atoms with Gasteiger partial charge in [0, 0.05) is 19.2 Å². The maximum absolute atomic E-state index is 13.1. The SMILES string of the molecule is CCOc1ccc(CN(C)C(=O)C(CC(C)C)NC(=O)c2ccccc2C)cc1. The second kappa shape index (κ2) is 10.6. The maximum Gasteiger partial charge on any atom is 0.252 e. The summed E-state index contributed by atoms with van der Waals surface area (Å²) in [6, 6.07) is 14.6. The molecule has 0 aromatic heterocycles. The fraction of sp³-hybridized carbons (Fsp3) is 0.417. The Kier molecular flexibility index (Phi) is 8.25. The molecule has 0 saturated carbocycles. The molecule has 1 unspecified atom stereocenters. The average molecular weight is 397 g/mol. The van der Waals surface area contributed by atoms with Crippen molar-refractivity contribution in [2.24, 2.45) is 5.92 Å². The van der Waals surface area contributed by atoms with Gasteiger partial charge >= 0.3 is 0 Å². The molecular formula is C24H32N2O3. The fourth-order valence-electron chi connectivity index (χ4n) is 3.23. The average Bonchev–Trinajstić information content (AvgIpc) is 2.68. The van der Waals surface area contributed by atoms with E-state index < -0.39 is 6.04 Å².